The molecule has 2 N–H and O–H groups in total. The first-order valence-corrected chi connectivity index (χ1v) is 8.57. The Kier molecular flexibility index (Phi) is 3.12. The molecule has 3 heterocycles. The van der Waals surface area contributed by atoms with E-state index >= 15 is 0 Å². The molecular weight excluding hydrogens is 330 g/mol. The SMILES string of the molecule is CC(C)(CNc1nc2nc3cc4c(cc3n2[nH]1)OCO4)c1ccccc1. The van der Waals surface area contributed by atoms with Gasteiger partial charge in [0.2, 0.25) is 12.7 Å². The Labute approximate surface area is 150 Å². The largest absolute Gasteiger partial charge is 0.454 e. The fraction of sp³-hybridized carbons (Fsp3) is 0.263. The monoisotopic (exact) mass is 349 g/mol. The minimum atomic E-state index is -0.0236. The molecule has 0 unspecified atom stereocenters. The third-order valence-electron chi connectivity index (χ3n) is 4.81. The highest BCUT2D eigenvalue weighted by Crippen LogP contribution is 2.36. The summed E-state index contributed by atoms with van der Waals surface area (Å²) >= 11 is 0. The molecule has 7 heteroatoms. The van der Waals surface area contributed by atoms with E-state index < -0.39 is 0 Å². The van der Waals surface area contributed by atoms with Gasteiger partial charge in [0.15, 0.2) is 11.5 Å². The molecule has 132 valence electrons. The van der Waals surface area contributed by atoms with Gasteiger partial charge in [-0.25, -0.2) is 9.50 Å². The van der Waals surface area contributed by atoms with Gasteiger partial charge in [-0.2, -0.15) is 4.98 Å². The Balaban J connectivity index is 1.43. The zero-order valence-electron chi connectivity index (χ0n) is 14.6. The molecule has 0 saturated heterocycles. The summed E-state index contributed by atoms with van der Waals surface area (Å²) in [5, 5.41) is 6.66. The molecule has 1 aliphatic heterocycles. The van der Waals surface area contributed by atoms with E-state index in [1.807, 2.05) is 22.7 Å². The van der Waals surface area contributed by atoms with Gasteiger partial charge in [0.05, 0.1) is 11.0 Å². The maximum atomic E-state index is 5.46. The van der Waals surface area contributed by atoms with Crippen molar-refractivity contribution < 1.29 is 9.47 Å². The number of H-pyrrole nitrogens is 1. The second-order valence-electron chi connectivity index (χ2n) is 7.12. The zero-order chi connectivity index (χ0) is 17.7. The van der Waals surface area contributed by atoms with Crippen molar-refractivity contribution >= 4 is 22.8 Å². The lowest BCUT2D eigenvalue weighted by Gasteiger charge is -2.25. The van der Waals surface area contributed by atoms with Gasteiger partial charge in [-0.3, -0.25) is 5.10 Å². The van der Waals surface area contributed by atoms with E-state index in [9.17, 15) is 0 Å². The van der Waals surface area contributed by atoms with Crippen LogP contribution < -0.4 is 14.8 Å². The summed E-state index contributed by atoms with van der Waals surface area (Å²) in [5.41, 5.74) is 2.99. The van der Waals surface area contributed by atoms with Crippen LogP contribution in [0.3, 0.4) is 0 Å². The molecule has 0 bridgehead atoms. The quantitative estimate of drug-likeness (QED) is 0.591. The van der Waals surface area contributed by atoms with Crippen molar-refractivity contribution in [1.29, 1.82) is 0 Å². The Morgan fingerprint density at radius 1 is 1.12 bits per heavy atom. The van der Waals surface area contributed by atoms with Crippen LogP contribution in [0.2, 0.25) is 0 Å². The minimum absolute atomic E-state index is 0.0236. The molecule has 0 saturated carbocycles. The van der Waals surface area contributed by atoms with E-state index in [1.54, 1.807) is 0 Å². The van der Waals surface area contributed by atoms with E-state index in [-0.39, 0.29) is 12.2 Å². The molecule has 1 aliphatic rings. The van der Waals surface area contributed by atoms with E-state index in [0.29, 0.717) is 11.7 Å². The van der Waals surface area contributed by atoms with Crippen LogP contribution in [-0.2, 0) is 5.41 Å². The molecule has 0 amide bonds. The van der Waals surface area contributed by atoms with Gasteiger partial charge >= 0.3 is 0 Å². The van der Waals surface area contributed by atoms with Crippen LogP contribution in [0, 0.1) is 0 Å². The molecule has 0 spiro atoms. The summed E-state index contributed by atoms with van der Waals surface area (Å²) in [5.74, 6) is 2.76. The number of aromatic amines is 1. The number of ether oxygens (including phenoxy) is 2. The highest BCUT2D eigenvalue weighted by atomic mass is 16.7. The number of anilines is 1. The van der Waals surface area contributed by atoms with Crippen molar-refractivity contribution in [2.24, 2.45) is 0 Å². The first-order valence-electron chi connectivity index (χ1n) is 8.57. The van der Waals surface area contributed by atoms with Gasteiger partial charge in [0.1, 0.15) is 0 Å². The molecule has 0 aliphatic carbocycles. The summed E-state index contributed by atoms with van der Waals surface area (Å²) in [6.07, 6.45) is 0. The van der Waals surface area contributed by atoms with Crippen molar-refractivity contribution in [2.75, 3.05) is 18.7 Å². The number of nitrogens with one attached hydrogen (secondary N) is 2. The van der Waals surface area contributed by atoms with Crippen molar-refractivity contribution in [1.82, 2.24) is 19.6 Å². The van der Waals surface area contributed by atoms with Gasteiger partial charge in [-0.05, 0) is 5.56 Å². The van der Waals surface area contributed by atoms with Crippen LogP contribution in [0.5, 0.6) is 11.5 Å². The Morgan fingerprint density at radius 2 is 1.88 bits per heavy atom. The number of rotatable bonds is 4. The molecule has 5 rings (SSSR count). The van der Waals surface area contributed by atoms with Gasteiger partial charge in [0, 0.05) is 24.1 Å². The highest BCUT2D eigenvalue weighted by Gasteiger charge is 2.22. The van der Waals surface area contributed by atoms with Crippen molar-refractivity contribution in [3.8, 4) is 11.5 Å². The third-order valence-corrected chi connectivity index (χ3v) is 4.81. The molecular formula is C19H19N5O2. The minimum Gasteiger partial charge on any atom is -0.454 e. The van der Waals surface area contributed by atoms with Crippen molar-refractivity contribution in [3.63, 3.8) is 0 Å². The lowest BCUT2D eigenvalue weighted by Crippen LogP contribution is -2.27. The number of benzene rings is 2. The molecule has 4 aromatic rings. The molecule has 0 radical (unpaired) electrons. The van der Waals surface area contributed by atoms with Gasteiger partial charge in [-0.1, -0.05) is 44.2 Å². The number of hydrogen-bond acceptors (Lipinski definition) is 5. The number of hydrogen-bond donors (Lipinski definition) is 2. The van der Waals surface area contributed by atoms with E-state index in [2.05, 4.69) is 58.5 Å². The summed E-state index contributed by atoms with van der Waals surface area (Å²) < 4.78 is 12.7. The lowest BCUT2D eigenvalue weighted by molar-refractivity contribution is 0.174. The van der Waals surface area contributed by atoms with E-state index in [1.165, 1.54) is 5.56 Å². The first kappa shape index (κ1) is 15.1. The summed E-state index contributed by atoms with van der Waals surface area (Å²) in [6, 6.07) is 14.3. The fourth-order valence-corrected chi connectivity index (χ4v) is 3.25. The smallest absolute Gasteiger partial charge is 0.253 e. The highest BCUT2D eigenvalue weighted by molar-refractivity contribution is 5.83. The normalized spacial score (nSPS) is 13.6. The standard InChI is InChI=1S/C19H19N5O2/c1-19(2,12-6-4-3-5-7-12)10-20-17-22-18-21-13-8-15-16(26-11-25-15)9-14(13)24(18)23-17/h3-9H,10-11H2,1-2H3,(H2,20,21,22,23). The predicted molar refractivity (Wildman–Crippen MR) is 98.9 cm³/mol. The number of aromatic nitrogens is 4. The van der Waals surface area contributed by atoms with E-state index in [4.69, 9.17) is 9.47 Å². The average Bonchev–Trinajstić information content (AvgIpc) is 3.33. The van der Waals surface area contributed by atoms with E-state index in [0.717, 1.165) is 29.1 Å². The number of fused-ring (bicyclic) bond motifs is 4. The predicted octanol–water partition coefficient (Wildman–Crippen LogP) is 3.33. The van der Waals surface area contributed by atoms with Gasteiger partial charge in [-0.15, -0.1) is 0 Å². The lowest BCUT2D eigenvalue weighted by atomic mass is 9.85. The van der Waals surface area contributed by atoms with Crippen LogP contribution in [0.4, 0.5) is 5.95 Å². The number of nitrogens with zero attached hydrogens (tertiary/aromatic N) is 3. The molecule has 26 heavy (non-hydrogen) atoms. The molecule has 0 atom stereocenters. The topological polar surface area (TPSA) is 76.5 Å². The van der Waals surface area contributed by atoms with Crippen LogP contribution >= 0.6 is 0 Å². The molecule has 7 nitrogen and oxygen atoms in total. The Morgan fingerprint density at radius 3 is 2.69 bits per heavy atom. The average molecular weight is 349 g/mol. The van der Waals surface area contributed by atoms with Crippen LogP contribution in [0.1, 0.15) is 19.4 Å². The summed E-state index contributed by atoms with van der Waals surface area (Å²) in [6.45, 7) is 5.41. The summed E-state index contributed by atoms with van der Waals surface area (Å²) in [7, 11) is 0. The Bertz CT molecular complexity index is 1100. The summed E-state index contributed by atoms with van der Waals surface area (Å²) in [4.78, 5) is 9.11. The second kappa shape index (κ2) is 5.39. The molecule has 2 aromatic heterocycles. The van der Waals surface area contributed by atoms with Crippen LogP contribution in [0.25, 0.3) is 16.8 Å². The van der Waals surface area contributed by atoms with Crippen LogP contribution in [-0.4, -0.2) is 32.9 Å². The fourth-order valence-electron chi connectivity index (χ4n) is 3.25. The zero-order valence-corrected chi connectivity index (χ0v) is 14.6. The van der Waals surface area contributed by atoms with Crippen molar-refractivity contribution in [3.05, 3.63) is 48.0 Å². The number of imidazole rings is 1. The maximum absolute atomic E-state index is 5.46. The Hall–Kier alpha value is -3.22. The molecule has 2 aromatic carbocycles. The molecule has 0 fully saturated rings. The first-order chi connectivity index (χ1) is 12.6. The van der Waals surface area contributed by atoms with Gasteiger partial charge < -0.3 is 14.8 Å². The second-order valence-corrected chi connectivity index (χ2v) is 7.12. The van der Waals surface area contributed by atoms with Gasteiger partial charge in [0.25, 0.3) is 5.78 Å². The van der Waals surface area contributed by atoms with Crippen LogP contribution in [0.15, 0.2) is 42.5 Å². The van der Waals surface area contributed by atoms with Crippen molar-refractivity contribution in [2.45, 2.75) is 19.3 Å². The third kappa shape index (κ3) is 2.35. The maximum Gasteiger partial charge on any atom is 0.253 e.